The third-order valence-corrected chi connectivity index (χ3v) is 8.18. The Morgan fingerprint density at radius 2 is 1.63 bits per heavy atom. The average molecular weight is 641 g/mol. The van der Waals surface area contributed by atoms with Crippen molar-refractivity contribution in [2.45, 2.75) is 19.5 Å². The van der Waals surface area contributed by atoms with Crippen LogP contribution < -0.4 is 25.2 Å². The zero-order valence-electron chi connectivity index (χ0n) is 25.2. The van der Waals surface area contributed by atoms with Crippen LogP contribution in [0.3, 0.4) is 0 Å². The first-order chi connectivity index (χ1) is 22.1. The van der Waals surface area contributed by atoms with E-state index in [-0.39, 0.29) is 28.6 Å². The minimum atomic E-state index is -3.05. The van der Waals surface area contributed by atoms with Gasteiger partial charge in [0.05, 0.1) is 12.7 Å². The molecule has 1 saturated heterocycles. The maximum atomic E-state index is 15.5. The van der Waals surface area contributed by atoms with Gasteiger partial charge in [0.15, 0.2) is 5.82 Å². The molecule has 2 aliphatic rings. The molecular weight excluding hydrogens is 608 g/mol. The summed E-state index contributed by atoms with van der Waals surface area (Å²) >= 11 is 0. The van der Waals surface area contributed by atoms with Crippen molar-refractivity contribution in [1.82, 2.24) is 19.2 Å². The standard InChI is InChI=1S/C32H32F4N6O4/c1-39-29(27-23(33)16-22(45-2)17-24(27)34)28(38-30(43)20-8-10-21(11-9-20)46-32(35)36)31(44)42(39)26-5-3-4-25(37-26)41-14-12-40(13-15-41)18-19-6-7-19/h3-5,8-11,16-17,19,32H,6-7,12-15,18H2,1-2H3,(H,38,43). The van der Waals surface area contributed by atoms with Crippen molar-refractivity contribution < 1.29 is 31.8 Å². The fourth-order valence-electron chi connectivity index (χ4n) is 5.66. The molecular formula is C32H32F4N6O4. The van der Waals surface area contributed by atoms with Crippen molar-refractivity contribution in [3.63, 3.8) is 0 Å². The van der Waals surface area contributed by atoms with Gasteiger partial charge < -0.3 is 19.7 Å². The van der Waals surface area contributed by atoms with Gasteiger partial charge >= 0.3 is 6.61 Å². The van der Waals surface area contributed by atoms with Crippen molar-refractivity contribution >= 4 is 17.4 Å². The number of nitrogens with one attached hydrogen (secondary N) is 1. The highest BCUT2D eigenvalue weighted by molar-refractivity contribution is 6.06. The molecule has 0 spiro atoms. The van der Waals surface area contributed by atoms with Crippen molar-refractivity contribution in [3.05, 3.63) is 82.1 Å². The molecule has 1 amide bonds. The zero-order chi connectivity index (χ0) is 32.5. The van der Waals surface area contributed by atoms with Gasteiger partial charge in [0, 0.05) is 57.5 Å². The van der Waals surface area contributed by atoms with E-state index < -0.39 is 41.0 Å². The van der Waals surface area contributed by atoms with E-state index in [1.165, 1.54) is 43.8 Å². The monoisotopic (exact) mass is 640 g/mol. The topological polar surface area (TPSA) is 93.9 Å². The van der Waals surface area contributed by atoms with E-state index >= 15 is 8.78 Å². The number of pyridine rings is 1. The summed E-state index contributed by atoms with van der Waals surface area (Å²) in [7, 11) is 2.69. The fraction of sp³-hybridized carbons (Fsp3) is 0.344. The van der Waals surface area contributed by atoms with Crippen LogP contribution in [0.4, 0.5) is 29.1 Å². The smallest absolute Gasteiger partial charge is 0.387 e. The van der Waals surface area contributed by atoms with Gasteiger partial charge in [-0.3, -0.25) is 19.2 Å². The molecule has 0 bridgehead atoms. The van der Waals surface area contributed by atoms with E-state index in [2.05, 4.69) is 19.9 Å². The Balaban J connectivity index is 1.38. The van der Waals surface area contributed by atoms with Crippen LogP contribution in [-0.2, 0) is 7.05 Å². The molecule has 0 radical (unpaired) electrons. The number of hydrogen-bond acceptors (Lipinski definition) is 7. The molecule has 1 aliphatic heterocycles. The summed E-state index contributed by atoms with van der Waals surface area (Å²) in [5, 5.41) is 2.48. The van der Waals surface area contributed by atoms with Gasteiger partial charge in [0.25, 0.3) is 11.5 Å². The minimum Gasteiger partial charge on any atom is -0.497 e. The lowest BCUT2D eigenvalue weighted by molar-refractivity contribution is -0.0498. The first-order valence-corrected chi connectivity index (χ1v) is 14.8. The first-order valence-electron chi connectivity index (χ1n) is 14.8. The molecule has 2 aromatic carbocycles. The van der Waals surface area contributed by atoms with Gasteiger partial charge in [0.2, 0.25) is 0 Å². The van der Waals surface area contributed by atoms with Crippen molar-refractivity contribution in [2.75, 3.05) is 50.1 Å². The van der Waals surface area contributed by atoms with E-state index in [1.807, 2.05) is 6.07 Å². The van der Waals surface area contributed by atoms with Gasteiger partial charge in [-0.15, -0.1) is 0 Å². The van der Waals surface area contributed by atoms with Gasteiger partial charge in [0.1, 0.15) is 40.3 Å². The Kier molecular flexibility index (Phi) is 8.71. The largest absolute Gasteiger partial charge is 0.497 e. The minimum absolute atomic E-state index is 0.0148. The highest BCUT2D eigenvalue weighted by atomic mass is 19.3. The van der Waals surface area contributed by atoms with Crippen LogP contribution in [0.1, 0.15) is 23.2 Å². The maximum Gasteiger partial charge on any atom is 0.387 e. The highest BCUT2D eigenvalue weighted by Crippen LogP contribution is 2.34. The maximum absolute atomic E-state index is 15.5. The fourth-order valence-corrected chi connectivity index (χ4v) is 5.66. The van der Waals surface area contributed by atoms with E-state index in [4.69, 9.17) is 9.72 Å². The number of nitrogens with zero attached hydrogens (tertiary/aromatic N) is 5. The Morgan fingerprint density at radius 1 is 0.978 bits per heavy atom. The van der Waals surface area contributed by atoms with Crippen LogP contribution in [0.15, 0.2) is 59.4 Å². The quantitative estimate of drug-likeness (QED) is 0.246. The number of halogens is 4. The number of methoxy groups -OCH3 is 1. The number of alkyl halides is 2. The molecule has 10 nitrogen and oxygen atoms in total. The average Bonchev–Trinajstić information content (AvgIpc) is 3.82. The predicted octanol–water partition coefficient (Wildman–Crippen LogP) is 4.91. The number of hydrogen-bond donors (Lipinski definition) is 1. The molecule has 14 heteroatoms. The number of aromatic nitrogens is 3. The van der Waals surface area contributed by atoms with E-state index in [0.717, 1.165) is 67.6 Å². The van der Waals surface area contributed by atoms with Crippen LogP contribution in [0.25, 0.3) is 17.1 Å². The summed E-state index contributed by atoms with van der Waals surface area (Å²) in [6.45, 7) is 1.32. The Hall–Kier alpha value is -4.85. The Morgan fingerprint density at radius 3 is 2.24 bits per heavy atom. The normalized spacial score (nSPS) is 15.3. The van der Waals surface area contributed by atoms with Gasteiger partial charge in [-0.05, 0) is 55.2 Å². The molecule has 0 unspecified atom stereocenters. The van der Waals surface area contributed by atoms with Crippen LogP contribution in [0.5, 0.6) is 11.5 Å². The SMILES string of the molecule is COc1cc(F)c(-c2c(NC(=O)c3ccc(OC(F)F)cc3)c(=O)n(-c3cccc(N4CCN(CC5CC5)CC4)n3)n2C)c(F)c1. The molecule has 1 saturated carbocycles. The lowest BCUT2D eigenvalue weighted by Crippen LogP contribution is -2.47. The number of benzene rings is 2. The molecule has 2 aromatic heterocycles. The van der Waals surface area contributed by atoms with E-state index in [1.54, 1.807) is 12.1 Å². The number of carbonyl (C=O) groups excluding carboxylic acids is 1. The van der Waals surface area contributed by atoms with Crippen LogP contribution in [0.2, 0.25) is 0 Å². The predicted molar refractivity (Wildman–Crippen MR) is 163 cm³/mol. The summed E-state index contributed by atoms with van der Waals surface area (Å²) in [6, 6.07) is 11.9. The molecule has 242 valence electrons. The van der Waals surface area contributed by atoms with Gasteiger partial charge in [-0.1, -0.05) is 6.07 Å². The third kappa shape index (κ3) is 6.43. The second-order valence-corrected chi connectivity index (χ2v) is 11.3. The lowest BCUT2D eigenvalue weighted by atomic mass is 10.1. The third-order valence-electron chi connectivity index (χ3n) is 8.18. The molecule has 46 heavy (non-hydrogen) atoms. The lowest BCUT2D eigenvalue weighted by Gasteiger charge is -2.35. The number of carbonyl (C=O) groups is 1. The van der Waals surface area contributed by atoms with Crippen LogP contribution >= 0.6 is 0 Å². The molecule has 4 aromatic rings. The van der Waals surface area contributed by atoms with Crippen LogP contribution in [0, 0.1) is 17.6 Å². The summed E-state index contributed by atoms with van der Waals surface area (Å²) in [5.41, 5.74) is -2.05. The molecule has 3 heterocycles. The number of amides is 1. The number of ether oxygens (including phenoxy) is 2. The van der Waals surface area contributed by atoms with E-state index in [9.17, 15) is 18.4 Å². The molecule has 1 N–H and O–H groups in total. The van der Waals surface area contributed by atoms with Crippen molar-refractivity contribution in [3.8, 4) is 28.6 Å². The second-order valence-electron chi connectivity index (χ2n) is 11.3. The Labute approximate surface area is 261 Å². The molecule has 6 rings (SSSR count). The second kappa shape index (κ2) is 12.9. The number of anilines is 2. The first kappa shape index (κ1) is 31.1. The van der Waals surface area contributed by atoms with Gasteiger partial charge in [-0.2, -0.15) is 13.5 Å². The highest BCUT2D eigenvalue weighted by Gasteiger charge is 2.29. The van der Waals surface area contributed by atoms with Crippen molar-refractivity contribution in [2.24, 2.45) is 13.0 Å². The summed E-state index contributed by atoms with van der Waals surface area (Å²) in [6.07, 6.45) is 2.57. The molecule has 2 fully saturated rings. The Bertz CT molecular complexity index is 1770. The zero-order valence-corrected chi connectivity index (χ0v) is 25.2. The van der Waals surface area contributed by atoms with E-state index in [0.29, 0.717) is 5.82 Å². The molecule has 0 atom stereocenters. The van der Waals surface area contributed by atoms with Gasteiger partial charge in [-0.25, -0.2) is 13.8 Å². The number of rotatable bonds is 10. The van der Waals surface area contributed by atoms with Crippen LogP contribution in [-0.4, -0.2) is 71.6 Å². The summed E-state index contributed by atoms with van der Waals surface area (Å²) < 4.78 is 67.7. The molecule has 1 aliphatic carbocycles. The summed E-state index contributed by atoms with van der Waals surface area (Å²) in [4.78, 5) is 36.6. The summed E-state index contributed by atoms with van der Waals surface area (Å²) in [5.74, 6) is -1.52. The number of piperazine rings is 1. The van der Waals surface area contributed by atoms with Crippen molar-refractivity contribution in [1.29, 1.82) is 0 Å².